The van der Waals surface area contributed by atoms with E-state index in [1.807, 2.05) is 0 Å². The first-order valence-electron chi connectivity index (χ1n) is 9.12. The van der Waals surface area contributed by atoms with Crippen molar-refractivity contribution in [2.45, 2.75) is 88.8 Å². The lowest BCUT2D eigenvalue weighted by atomic mass is 9.96. The van der Waals surface area contributed by atoms with E-state index in [4.69, 9.17) is 33.4 Å². The quantitative estimate of drug-likeness (QED) is 0.168. The molecule has 0 radical (unpaired) electrons. The van der Waals surface area contributed by atoms with Crippen LogP contribution in [0.5, 0.6) is 0 Å². The van der Waals surface area contributed by atoms with E-state index in [0.717, 1.165) is 31.6 Å². The van der Waals surface area contributed by atoms with Crippen molar-refractivity contribution in [2.75, 3.05) is 5.88 Å². The summed E-state index contributed by atoms with van der Waals surface area (Å²) in [6.07, 6.45) is 12.6. The molecule has 0 aliphatic carbocycles. The van der Waals surface area contributed by atoms with Gasteiger partial charge in [-0.1, -0.05) is 57.8 Å². The van der Waals surface area contributed by atoms with Crippen LogP contribution in [0.4, 0.5) is 0 Å². The Morgan fingerprint density at radius 2 is 1.19 bits per heavy atom. The Balaban J connectivity index is -0.00000264. The van der Waals surface area contributed by atoms with E-state index in [1.54, 1.807) is 0 Å². The highest BCUT2D eigenvalue weighted by Crippen LogP contribution is 2.21. The molecule has 158 valence electrons. The molecular formula is C18H38Cl2N2O4. The Morgan fingerprint density at radius 3 is 1.58 bits per heavy atom. The van der Waals surface area contributed by atoms with Crippen LogP contribution in [-0.2, 0) is 9.59 Å². The molecule has 6 nitrogen and oxygen atoms in total. The van der Waals surface area contributed by atoms with Crippen LogP contribution in [0.25, 0.3) is 0 Å². The van der Waals surface area contributed by atoms with Gasteiger partial charge in [0, 0.05) is 11.3 Å². The van der Waals surface area contributed by atoms with Crippen molar-refractivity contribution >= 4 is 35.1 Å². The van der Waals surface area contributed by atoms with Crippen molar-refractivity contribution in [3.63, 3.8) is 0 Å². The van der Waals surface area contributed by atoms with E-state index in [-0.39, 0.29) is 30.5 Å². The number of unbranched alkanes of at least 4 members (excludes halogenated alkanes) is 9. The van der Waals surface area contributed by atoms with Crippen LogP contribution in [-0.4, -0.2) is 33.4 Å². The van der Waals surface area contributed by atoms with Crippen molar-refractivity contribution in [2.24, 2.45) is 5.92 Å². The number of alkyl halides is 2. The maximum atomic E-state index is 11.0. The van der Waals surface area contributed by atoms with Gasteiger partial charge in [-0.2, -0.15) is 0 Å². The molecule has 0 aliphatic rings. The van der Waals surface area contributed by atoms with E-state index >= 15 is 0 Å². The summed E-state index contributed by atoms with van der Waals surface area (Å²) in [6, 6.07) is 0. The van der Waals surface area contributed by atoms with Gasteiger partial charge in [-0.05, 0) is 19.3 Å². The second kappa shape index (κ2) is 20.7. The molecule has 0 aliphatic heterocycles. The number of carbonyl (C=O) groups is 2. The first kappa shape index (κ1) is 30.2. The fourth-order valence-electron chi connectivity index (χ4n) is 2.78. The Hall–Kier alpha value is -0.560. The van der Waals surface area contributed by atoms with Crippen molar-refractivity contribution in [1.82, 2.24) is 12.3 Å². The third-order valence-corrected chi connectivity index (χ3v) is 4.88. The number of hydrogen-bond donors (Lipinski definition) is 4. The highest BCUT2D eigenvalue weighted by atomic mass is 35.5. The van der Waals surface area contributed by atoms with Gasteiger partial charge < -0.3 is 22.5 Å². The van der Waals surface area contributed by atoms with E-state index < -0.39 is 17.9 Å². The Morgan fingerprint density at radius 1 is 0.769 bits per heavy atom. The zero-order valence-electron chi connectivity index (χ0n) is 15.9. The van der Waals surface area contributed by atoms with E-state index in [2.05, 4.69) is 0 Å². The summed E-state index contributed by atoms with van der Waals surface area (Å²) in [4.78, 5) is 21.6. The first-order chi connectivity index (χ1) is 11.5. The zero-order valence-corrected chi connectivity index (χ0v) is 17.4. The first-order valence-corrected chi connectivity index (χ1v) is 10.1. The summed E-state index contributed by atoms with van der Waals surface area (Å²) < 4.78 is 0. The minimum atomic E-state index is -1.09. The number of aliphatic carboxylic acids is 2. The maximum Gasteiger partial charge on any atom is 0.307 e. The van der Waals surface area contributed by atoms with Gasteiger partial charge in [-0.25, -0.2) is 0 Å². The van der Waals surface area contributed by atoms with E-state index in [9.17, 15) is 9.59 Å². The van der Waals surface area contributed by atoms with E-state index in [0.29, 0.717) is 0 Å². The molecule has 0 rings (SSSR count). The molecule has 8 heteroatoms. The van der Waals surface area contributed by atoms with Gasteiger partial charge in [-0.15, -0.1) is 23.2 Å². The monoisotopic (exact) mass is 416 g/mol. The lowest BCUT2D eigenvalue weighted by Gasteiger charge is -2.14. The highest BCUT2D eigenvalue weighted by molar-refractivity contribution is 6.20. The normalized spacial score (nSPS) is 12.5. The summed E-state index contributed by atoms with van der Waals surface area (Å²) in [5, 5.41) is 17.5. The lowest BCUT2D eigenvalue weighted by molar-refractivity contribution is -0.148. The molecule has 0 amide bonds. The molecule has 2 atom stereocenters. The number of carboxylic acid groups (broad SMARTS) is 2. The third-order valence-electron chi connectivity index (χ3n) is 4.21. The van der Waals surface area contributed by atoms with Gasteiger partial charge in [0.25, 0.3) is 0 Å². The van der Waals surface area contributed by atoms with Crippen molar-refractivity contribution < 1.29 is 19.8 Å². The molecular weight excluding hydrogens is 379 g/mol. The van der Waals surface area contributed by atoms with Gasteiger partial charge in [0.15, 0.2) is 0 Å². The number of carboxylic acids is 2. The minimum absolute atomic E-state index is 0. The number of hydrogen-bond acceptors (Lipinski definition) is 4. The second-order valence-corrected chi connectivity index (χ2v) is 7.47. The predicted molar refractivity (Wildman–Crippen MR) is 109 cm³/mol. The number of rotatable bonds is 17. The molecule has 0 fully saturated rings. The second-order valence-electron chi connectivity index (χ2n) is 6.48. The third kappa shape index (κ3) is 19.8. The van der Waals surface area contributed by atoms with Crippen LogP contribution in [0.2, 0.25) is 0 Å². The molecule has 0 heterocycles. The van der Waals surface area contributed by atoms with Gasteiger partial charge in [0.05, 0.1) is 12.3 Å². The summed E-state index contributed by atoms with van der Waals surface area (Å²) in [7, 11) is 0. The average Bonchev–Trinajstić information content (AvgIpc) is 2.51. The summed E-state index contributed by atoms with van der Waals surface area (Å²) in [5.41, 5.74) is 0. The molecule has 8 N–H and O–H groups in total. The highest BCUT2D eigenvalue weighted by Gasteiger charge is 2.23. The van der Waals surface area contributed by atoms with Crippen LogP contribution >= 0.6 is 23.2 Å². The van der Waals surface area contributed by atoms with Crippen LogP contribution in [0.1, 0.15) is 83.5 Å². The van der Waals surface area contributed by atoms with Gasteiger partial charge in [-0.3, -0.25) is 9.59 Å². The minimum Gasteiger partial charge on any atom is -0.481 e. The topological polar surface area (TPSA) is 145 Å². The largest absolute Gasteiger partial charge is 0.481 e. The molecule has 0 saturated carbocycles. The Labute approximate surface area is 168 Å². The fraction of sp³-hybridized carbons (Fsp3) is 0.889. The summed E-state index contributed by atoms with van der Waals surface area (Å²) in [6.45, 7) is 0. The van der Waals surface area contributed by atoms with Crippen molar-refractivity contribution in [1.29, 1.82) is 0 Å². The molecule has 0 saturated heterocycles. The van der Waals surface area contributed by atoms with Gasteiger partial charge in [0.2, 0.25) is 0 Å². The van der Waals surface area contributed by atoms with Crippen LogP contribution < -0.4 is 12.3 Å². The van der Waals surface area contributed by atoms with Crippen molar-refractivity contribution in [3.8, 4) is 0 Å². The molecule has 0 bridgehead atoms. The van der Waals surface area contributed by atoms with Crippen LogP contribution in [0, 0.1) is 5.92 Å². The molecule has 0 aromatic rings. The smallest absolute Gasteiger partial charge is 0.307 e. The maximum absolute atomic E-state index is 11.0. The standard InChI is InChI=1S/C18H32Cl2O4.2H3N/c19-12-10-8-6-4-2-1-3-5-7-9-11-16(20)13-15(18(23)24)14-17(21)22;;/h15-16H,1-14H2,(H,21,22)(H,23,24);2*1H3. The molecule has 0 aromatic heterocycles. The summed E-state index contributed by atoms with van der Waals surface area (Å²) >= 11 is 11.8. The molecule has 26 heavy (non-hydrogen) atoms. The lowest BCUT2D eigenvalue weighted by Crippen LogP contribution is -2.21. The SMILES string of the molecule is N.N.O=C(O)CC(CC(Cl)CCCCCCCCCCCCCl)C(=O)O. The van der Waals surface area contributed by atoms with Crippen LogP contribution in [0.3, 0.4) is 0 Å². The van der Waals surface area contributed by atoms with Gasteiger partial charge >= 0.3 is 11.9 Å². The van der Waals surface area contributed by atoms with E-state index in [1.165, 1.54) is 44.9 Å². The fourth-order valence-corrected chi connectivity index (χ4v) is 3.34. The molecule has 0 spiro atoms. The zero-order chi connectivity index (χ0) is 18.2. The van der Waals surface area contributed by atoms with Gasteiger partial charge in [0.1, 0.15) is 0 Å². The Kier molecular flexibility index (Phi) is 24.1. The molecule has 2 unspecified atom stereocenters. The average molecular weight is 417 g/mol. The van der Waals surface area contributed by atoms with Crippen LogP contribution in [0.15, 0.2) is 0 Å². The van der Waals surface area contributed by atoms with Crippen molar-refractivity contribution in [3.05, 3.63) is 0 Å². The number of halogens is 2. The predicted octanol–water partition coefficient (Wildman–Crippen LogP) is 6.01. The molecule has 0 aromatic carbocycles. The summed E-state index contributed by atoms with van der Waals surface area (Å²) in [5.74, 6) is -2.28. The Bertz CT molecular complexity index is 347.